The maximum Gasteiger partial charge on any atom is 0.213 e. The molecule has 2 aromatic rings. The molecule has 2 aliphatic rings. The van der Waals surface area contributed by atoms with Crippen molar-refractivity contribution in [3.05, 3.63) is 47.2 Å². The van der Waals surface area contributed by atoms with Gasteiger partial charge in [-0.3, -0.25) is 4.90 Å². The minimum atomic E-state index is 0.000147. The van der Waals surface area contributed by atoms with E-state index in [0.717, 1.165) is 50.6 Å². The zero-order chi connectivity index (χ0) is 18.9. The molecule has 4 rings (SSSR count). The van der Waals surface area contributed by atoms with Crippen LogP contribution in [0.3, 0.4) is 0 Å². The van der Waals surface area contributed by atoms with Gasteiger partial charge in [0.15, 0.2) is 0 Å². The second-order valence-electron chi connectivity index (χ2n) is 8.91. The van der Waals surface area contributed by atoms with Gasteiger partial charge in [-0.25, -0.2) is 15.0 Å². The average molecular weight is 367 g/mol. The van der Waals surface area contributed by atoms with Crippen LogP contribution in [0.4, 0.5) is 0 Å². The van der Waals surface area contributed by atoms with E-state index in [1.54, 1.807) is 0 Å². The molecule has 0 N–H and O–H groups in total. The van der Waals surface area contributed by atoms with Gasteiger partial charge in [-0.1, -0.05) is 26.8 Å². The molecule has 5 nitrogen and oxygen atoms in total. The lowest BCUT2D eigenvalue weighted by atomic mass is 9.95. The van der Waals surface area contributed by atoms with E-state index in [1.807, 2.05) is 18.5 Å². The molecule has 1 saturated carbocycles. The predicted molar refractivity (Wildman–Crippen MR) is 106 cm³/mol. The first-order valence-electron chi connectivity index (χ1n) is 10.2. The van der Waals surface area contributed by atoms with Gasteiger partial charge in [0, 0.05) is 61.2 Å². The summed E-state index contributed by atoms with van der Waals surface area (Å²) in [5, 5.41) is 0. The highest BCUT2D eigenvalue weighted by molar-refractivity contribution is 5.23. The standard InChI is InChI=1S/C22H30N4O/c1-22(2,3)21-24-13-17-15-26(11-10-19(17)25-21)14-16-8-9-20(23-12-16)27-18-6-4-5-7-18/h8-9,12-13,18H,4-7,10-11,14-15H2,1-3H3. The lowest BCUT2D eigenvalue weighted by Crippen LogP contribution is -2.32. The minimum Gasteiger partial charge on any atom is -0.474 e. The van der Waals surface area contributed by atoms with Gasteiger partial charge in [-0.2, -0.15) is 0 Å². The van der Waals surface area contributed by atoms with Crippen molar-refractivity contribution in [3.63, 3.8) is 0 Å². The van der Waals surface area contributed by atoms with Crippen LogP contribution >= 0.6 is 0 Å². The van der Waals surface area contributed by atoms with Crippen molar-refractivity contribution >= 4 is 0 Å². The Labute approximate surface area is 162 Å². The van der Waals surface area contributed by atoms with Crippen molar-refractivity contribution in [1.29, 1.82) is 0 Å². The van der Waals surface area contributed by atoms with Crippen molar-refractivity contribution in [2.45, 2.75) is 77.5 Å². The topological polar surface area (TPSA) is 51.1 Å². The fourth-order valence-electron chi connectivity index (χ4n) is 3.88. The Balaban J connectivity index is 1.37. The third-order valence-electron chi connectivity index (χ3n) is 5.48. The van der Waals surface area contributed by atoms with Gasteiger partial charge in [-0.15, -0.1) is 0 Å². The summed E-state index contributed by atoms with van der Waals surface area (Å²) in [7, 11) is 0. The van der Waals surface area contributed by atoms with Crippen molar-refractivity contribution < 1.29 is 4.74 Å². The van der Waals surface area contributed by atoms with Crippen molar-refractivity contribution in [3.8, 4) is 5.88 Å². The Morgan fingerprint density at radius 3 is 2.63 bits per heavy atom. The molecule has 144 valence electrons. The van der Waals surface area contributed by atoms with Crippen molar-refractivity contribution in [2.24, 2.45) is 0 Å². The quantitative estimate of drug-likeness (QED) is 0.817. The molecule has 0 atom stereocenters. The number of hydrogen-bond donors (Lipinski definition) is 0. The highest BCUT2D eigenvalue weighted by atomic mass is 16.5. The first kappa shape index (κ1) is 18.4. The molecule has 0 bridgehead atoms. The monoisotopic (exact) mass is 366 g/mol. The normalized spacial score (nSPS) is 18.5. The number of pyridine rings is 1. The summed E-state index contributed by atoms with van der Waals surface area (Å²) in [5.41, 5.74) is 3.69. The van der Waals surface area contributed by atoms with Crippen LogP contribution in [-0.4, -0.2) is 32.5 Å². The van der Waals surface area contributed by atoms with E-state index < -0.39 is 0 Å². The Hall–Kier alpha value is -2.01. The van der Waals surface area contributed by atoms with Gasteiger partial charge in [0.1, 0.15) is 11.9 Å². The molecule has 1 aliphatic heterocycles. The van der Waals surface area contributed by atoms with Crippen LogP contribution in [-0.2, 0) is 24.9 Å². The second kappa shape index (κ2) is 7.55. The first-order valence-corrected chi connectivity index (χ1v) is 10.2. The number of aromatic nitrogens is 3. The number of hydrogen-bond acceptors (Lipinski definition) is 5. The van der Waals surface area contributed by atoms with Crippen LogP contribution in [0.1, 0.15) is 69.1 Å². The lowest BCUT2D eigenvalue weighted by molar-refractivity contribution is 0.201. The van der Waals surface area contributed by atoms with Crippen LogP contribution in [0.2, 0.25) is 0 Å². The van der Waals surface area contributed by atoms with Crippen LogP contribution in [0.5, 0.6) is 5.88 Å². The van der Waals surface area contributed by atoms with Crippen molar-refractivity contribution in [1.82, 2.24) is 19.9 Å². The lowest BCUT2D eigenvalue weighted by Gasteiger charge is -2.29. The zero-order valence-corrected chi connectivity index (χ0v) is 16.7. The summed E-state index contributed by atoms with van der Waals surface area (Å²) in [4.78, 5) is 16.4. The maximum absolute atomic E-state index is 5.96. The van der Waals surface area contributed by atoms with E-state index in [0.29, 0.717) is 6.10 Å². The van der Waals surface area contributed by atoms with E-state index in [4.69, 9.17) is 9.72 Å². The van der Waals surface area contributed by atoms with E-state index in [1.165, 1.54) is 29.7 Å². The van der Waals surface area contributed by atoms with Gasteiger partial charge in [-0.05, 0) is 31.2 Å². The van der Waals surface area contributed by atoms with Crippen LogP contribution in [0.25, 0.3) is 0 Å². The molecule has 0 amide bonds. The van der Waals surface area contributed by atoms with Crippen molar-refractivity contribution in [2.75, 3.05) is 6.54 Å². The Morgan fingerprint density at radius 1 is 1.11 bits per heavy atom. The molecule has 5 heteroatoms. The molecule has 0 aromatic carbocycles. The fourth-order valence-corrected chi connectivity index (χ4v) is 3.88. The molecule has 1 fully saturated rings. The highest BCUT2D eigenvalue weighted by Gasteiger charge is 2.23. The summed E-state index contributed by atoms with van der Waals surface area (Å²) in [6.45, 7) is 9.32. The number of nitrogens with zero attached hydrogens (tertiary/aromatic N) is 4. The number of fused-ring (bicyclic) bond motifs is 1. The van der Waals surface area contributed by atoms with E-state index in [2.05, 4.69) is 41.7 Å². The summed E-state index contributed by atoms with van der Waals surface area (Å²) < 4.78 is 5.96. The Kier molecular flexibility index (Phi) is 5.13. The van der Waals surface area contributed by atoms with Gasteiger partial charge in [0.05, 0.1) is 0 Å². The van der Waals surface area contributed by atoms with Crippen LogP contribution in [0.15, 0.2) is 24.5 Å². The molecule has 0 saturated heterocycles. The Bertz CT molecular complexity index is 776. The first-order chi connectivity index (χ1) is 13.0. The molecular weight excluding hydrogens is 336 g/mol. The smallest absolute Gasteiger partial charge is 0.213 e. The maximum atomic E-state index is 5.96. The number of ether oxygens (including phenoxy) is 1. The second-order valence-corrected chi connectivity index (χ2v) is 8.91. The SMILES string of the molecule is CC(C)(C)c1ncc2c(n1)CCN(Cc1ccc(OC3CCCC3)nc1)C2. The van der Waals surface area contributed by atoms with Gasteiger partial charge >= 0.3 is 0 Å². The van der Waals surface area contributed by atoms with Crippen LogP contribution in [0, 0.1) is 0 Å². The number of rotatable bonds is 4. The predicted octanol–water partition coefficient (Wildman–Crippen LogP) is 4.05. The highest BCUT2D eigenvalue weighted by Crippen LogP contribution is 2.25. The molecule has 27 heavy (non-hydrogen) atoms. The summed E-state index contributed by atoms with van der Waals surface area (Å²) in [6, 6.07) is 4.16. The van der Waals surface area contributed by atoms with Crippen LogP contribution < -0.4 is 4.74 Å². The molecule has 2 aromatic heterocycles. The van der Waals surface area contributed by atoms with Gasteiger partial charge < -0.3 is 4.74 Å². The Morgan fingerprint density at radius 2 is 1.93 bits per heavy atom. The van der Waals surface area contributed by atoms with Gasteiger partial charge in [0.25, 0.3) is 0 Å². The summed E-state index contributed by atoms with van der Waals surface area (Å²) in [5.74, 6) is 1.70. The molecule has 0 radical (unpaired) electrons. The van der Waals surface area contributed by atoms with E-state index in [9.17, 15) is 0 Å². The fraction of sp³-hybridized carbons (Fsp3) is 0.591. The molecular formula is C22H30N4O. The molecule has 1 aliphatic carbocycles. The minimum absolute atomic E-state index is 0.000147. The molecule has 0 spiro atoms. The largest absolute Gasteiger partial charge is 0.474 e. The molecule has 3 heterocycles. The summed E-state index contributed by atoms with van der Waals surface area (Å²) in [6.07, 6.45) is 10.2. The molecule has 0 unspecified atom stereocenters. The average Bonchev–Trinajstić information content (AvgIpc) is 3.15. The van der Waals surface area contributed by atoms with E-state index in [-0.39, 0.29) is 5.41 Å². The summed E-state index contributed by atoms with van der Waals surface area (Å²) >= 11 is 0. The zero-order valence-electron chi connectivity index (χ0n) is 16.7. The van der Waals surface area contributed by atoms with Gasteiger partial charge in [0.2, 0.25) is 5.88 Å². The van der Waals surface area contributed by atoms with E-state index >= 15 is 0 Å². The third kappa shape index (κ3) is 4.46. The third-order valence-corrected chi connectivity index (χ3v) is 5.48.